The summed E-state index contributed by atoms with van der Waals surface area (Å²) in [6, 6.07) is 9.25. The van der Waals surface area contributed by atoms with E-state index in [9.17, 15) is 9.59 Å². The Morgan fingerprint density at radius 3 is 2.59 bits per heavy atom. The van der Waals surface area contributed by atoms with E-state index in [0.29, 0.717) is 6.54 Å². The second-order valence-corrected chi connectivity index (χ2v) is 4.10. The molecule has 88 valence electrons. The van der Waals surface area contributed by atoms with Crippen LogP contribution in [0.15, 0.2) is 30.3 Å². The van der Waals surface area contributed by atoms with E-state index in [-0.39, 0.29) is 24.4 Å². The third kappa shape index (κ3) is 1.67. The highest BCUT2D eigenvalue weighted by atomic mass is 16.2. The molecule has 2 saturated heterocycles. The minimum Gasteiger partial charge on any atom is -0.314 e. The number of carbonyl (C=O) groups is 2. The van der Waals surface area contributed by atoms with E-state index in [2.05, 4.69) is 16.0 Å². The highest BCUT2D eigenvalue weighted by Crippen LogP contribution is 2.17. The van der Waals surface area contributed by atoms with Gasteiger partial charge in [-0.2, -0.15) is 0 Å². The van der Waals surface area contributed by atoms with Crippen LogP contribution in [0.4, 0.5) is 9.59 Å². The van der Waals surface area contributed by atoms with Crippen LogP contribution in [-0.4, -0.2) is 29.3 Å². The lowest BCUT2D eigenvalue weighted by atomic mass is 10.2. The Morgan fingerprint density at radius 2 is 1.82 bits per heavy atom. The van der Waals surface area contributed by atoms with Crippen molar-refractivity contribution in [2.75, 3.05) is 0 Å². The molecule has 6 nitrogen and oxygen atoms in total. The quantitative estimate of drug-likeness (QED) is 0.680. The van der Waals surface area contributed by atoms with Gasteiger partial charge in [0.2, 0.25) is 0 Å². The van der Waals surface area contributed by atoms with Crippen LogP contribution in [0.25, 0.3) is 0 Å². The molecule has 2 aliphatic rings. The fourth-order valence-corrected chi connectivity index (χ4v) is 2.14. The van der Waals surface area contributed by atoms with Crippen LogP contribution < -0.4 is 16.0 Å². The largest absolute Gasteiger partial charge is 0.321 e. The molecule has 3 N–H and O–H groups in total. The van der Waals surface area contributed by atoms with Crippen molar-refractivity contribution in [2.24, 2.45) is 0 Å². The maximum absolute atomic E-state index is 11.7. The van der Waals surface area contributed by atoms with Crippen molar-refractivity contribution in [2.45, 2.75) is 18.9 Å². The average molecular weight is 232 g/mol. The second-order valence-electron chi connectivity index (χ2n) is 4.10. The standard InChI is InChI=1S/C11H12N4O2/c16-10-12-8-9(14-10)15(11(17)13-8)6-7-4-2-1-3-5-7/h1-5,8-9H,6H2,(H,13,17)(H2,12,14,16). The topological polar surface area (TPSA) is 73.5 Å². The summed E-state index contributed by atoms with van der Waals surface area (Å²) in [5.41, 5.74) is 1.03. The minimum absolute atomic E-state index is 0.170. The van der Waals surface area contributed by atoms with Crippen molar-refractivity contribution >= 4 is 12.1 Å². The molecule has 1 aromatic carbocycles. The normalized spacial score (nSPS) is 26.2. The number of hydrogen-bond acceptors (Lipinski definition) is 2. The van der Waals surface area contributed by atoms with E-state index in [1.54, 1.807) is 4.90 Å². The van der Waals surface area contributed by atoms with E-state index in [4.69, 9.17) is 0 Å². The number of hydrogen-bond donors (Lipinski definition) is 3. The molecule has 2 unspecified atom stereocenters. The van der Waals surface area contributed by atoms with E-state index in [1.807, 2.05) is 30.3 Å². The highest BCUT2D eigenvalue weighted by Gasteiger charge is 2.45. The lowest BCUT2D eigenvalue weighted by Gasteiger charge is -2.21. The van der Waals surface area contributed by atoms with Gasteiger partial charge in [0.1, 0.15) is 12.3 Å². The lowest BCUT2D eigenvalue weighted by Crippen LogP contribution is -2.42. The van der Waals surface area contributed by atoms with Gasteiger partial charge in [-0.3, -0.25) is 4.90 Å². The average Bonchev–Trinajstić information content (AvgIpc) is 2.79. The zero-order chi connectivity index (χ0) is 11.8. The molecule has 0 aromatic heterocycles. The van der Waals surface area contributed by atoms with E-state index < -0.39 is 0 Å². The first kappa shape index (κ1) is 9.95. The predicted octanol–water partition coefficient (Wildman–Crippen LogP) is 0.177. The predicted molar refractivity (Wildman–Crippen MR) is 59.8 cm³/mol. The summed E-state index contributed by atoms with van der Waals surface area (Å²) in [7, 11) is 0. The Hall–Kier alpha value is -2.24. The fourth-order valence-electron chi connectivity index (χ4n) is 2.14. The van der Waals surface area contributed by atoms with Crippen molar-refractivity contribution in [1.82, 2.24) is 20.9 Å². The van der Waals surface area contributed by atoms with Gasteiger partial charge in [0, 0.05) is 6.54 Å². The molecule has 0 radical (unpaired) electrons. The number of carbonyl (C=O) groups excluding carboxylic acids is 2. The third-order valence-electron chi connectivity index (χ3n) is 2.95. The lowest BCUT2D eigenvalue weighted by molar-refractivity contribution is 0.192. The van der Waals surface area contributed by atoms with Crippen molar-refractivity contribution in [3.63, 3.8) is 0 Å². The molecule has 0 bridgehead atoms. The van der Waals surface area contributed by atoms with E-state index in [0.717, 1.165) is 5.56 Å². The molecular weight excluding hydrogens is 220 g/mol. The number of nitrogens with zero attached hydrogens (tertiary/aromatic N) is 1. The maximum atomic E-state index is 11.7. The van der Waals surface area contributed by atoms with Gasteiger partial charge < -0.3 is 16.0 Å². The Bertz CT molecular complexity index is 462. The molecule has 0 aliphatic carbocycles. The van der Waals surface area contributed by atoms with Gasteiger partial charge in [0.25, 0.3) is 0 Å². The summed E-state index contributed by atoms with van der Waals surface area (Å²) in [6.45, 7) is 0.482. The molecule has 2 heterocycles. The number of rotatable bonds is 2. The molecule has 6 heteroatoms. The van der Waals surface area contributed by atoms with Crippen LogP contribution in [0.1, 0.15) is 5.56 Å². The zero-order valence-electron chi connectivity index (χ0n) is 9.01. The molecular formula is C11H12N4O2. The summed E-state index contributed by atoms with van der Waals surface area (Å²) in [5.74, 6) is 0. The van der Waals surface area contributed by atoms with Crippen LogP contribution in [0.5, 0.6) is 0 Å². The Kier molecular flexibility index (Phi) is 2.14. The molecule has 17 heavy (non-hydrogen) atoms. The molecule has 4 amide bonds. The van der Waals surface area contributed by atoms with Crippen LogP contribution in [-0.2, 0) is 6.54 Å². The van der Waals surface area contributed by atoms with Crippen molar-refractivity contribution in [3.05, 3.63) is 35.9 Å². The number of amides is 4. The van der Waals surface area contributed by atoms with E-state index in [1.165, 1.54) is 0 Å². The number of nitrogens with one attached hydrogen (secondary N) is 3. The minimum atomic E-state index is -0.335. The number of fused-ring (bicyclic) bond motifs is 1. The molecule has 2 fully saturated rings. The monoisotopic (exact) mass is 232 g/mol. The molecule has 0 spiro atoms. The number of benzene rings is 1. The maximum Gasteiger partial charge on any atom is 0.321 e. The first-order chi connectivity index (χ1) is 8.24. The summed E-state index contributed by atoms with van der Waals surface area (Å²) in [5, 5.41) is 8.06. The number of urea groups is 2. The van der Waals surface area contributed by atoms with Crippen LogP contribution in [0, 0.1) is 0 Å². The molecule has 2 atom stereocenters. The van der Waals surface area contributed by atoms with E-state index >= 15 is 0 Å². The van der Waals surface area contributed by atoms with Gasteiger partial charge in [0.05, 0.1) is 0 Å². The summed E-state index contributed by atoms with van der Waals surface area (Å²) in [4.78, 5) is 24.5. The van der Waals surface area contributed by atoms with Gasteiger partial charge in [0.15, 0.2) is 0 Å². The highest BCUT2D eigenvalue weighted by molar-refractivity contribution is 5.84. The molecule has 2 aliphatic heterocycles. The summed E-state index contributed by atoms with van der Waals surface area (Å²) < 4.78 is 0. The fraction of sp³-hybridized carbons (Fsp3) is 0.273. The Balaban J connectivity index is 1.78. The van der Waals surface area contributed by atoms with Crippen LogP contribution in [0.2, 0.25) is 0 Å². The Morgan fingerprint density at radius 1 is 1.06 bits per heavy atom. The van der Waals surface area contributed by atoms with Gasteiger partial charge in [-0.1, -0.05) is 30.3 Å². The van der Waals surface area contributed by atoms with Gasteiger partial charge in [-0.05, 0) is 5.56 Å². The van der Waals surface area contributed by atoms with Gasteiger partial charge in [-0.15, -0.1) is 0 Å². The summed E-state index contributed by atoms with van der Waals surface area (Å²) >= 11 is 0. The SMILES string of the molecule is O=C1NC2NC(=O)N(Cc3ccccc3)C2N1. The first-order valence-corrected chi connectivity index (χ1v) is 5.42. The molecule has 0 saturated carbocycles. The first-order valence-electron chi connectivity index (χ1n) is 5.42. The second kappa shape index (κ2) is 3.65. The Labute approximate surface area is 98.0 Å². The molecule has 3 rings (SSSR count). The zero-order valence-corrected chi connectivity index (χ0v) is 9.01. The van der Waals surface area contributed by atoms with Crippen molar-refractivity contribution < 1.29 is 9.59 Å². The van der Waals surface area contributed by atoms with Crippen LogP contribution in [0.3, 0.4) is 0 Å². The summed E-state index contributed by atoms with van der Waals surface area (Å²) in [6.07, 6.45) is -0.645. The van der Waals surface area contributed by atoms with Gasteiger partial charge in [-0.25, -0.2) is 9.59 Å². The van der Waals surface area contributed by atoms with Gasteiger partial charge >= 0.3 is 12.1 Å². The van der Waals surface area contributed by atoms with Crippen LogP contribution >= 0.6 is 0 Å². The van der Waals surface area contributed by atoms with Crippen molar-refractivity contribution in [1.29, 1.82) is 0 Å². The van der Waals surface area contributed by atoms with Crippen molar-refractivity contribution in [3.8, 4) is 0 Å². The molecule has 1 aromatic rings. The third-order valence-corrected chi connectivity index (χ3v) is 2.95. The smallest absolute Gasteiger partial charge is 0.314 e.